The van der Waals surface area contributed by atoms with Crippen LogP contribution in [-0.4, -0.2) is 24.3 Å². The topological polar surface area (TPSA) is 41.5 Å². The lowest BCUT2D eigenvalue weighted by Crippen LogP contribution is -2.32. The van der Waals surface area contributed by atoms with Crippen molar-refractivity contribution in [1.29, 1.82) is 0 Å². The van der Waals surface area contributed by atoms with Crippen LogP contribution in [0.15, 0.2) is 18.2 Å². The molecular formula is C13H17NO2. The fraction of sp³-hybridized carbons (Fsp3) is 0.538. The summed E-state index contributed by atoms with van der Waals surface area (Å²) in [5, 5.41) is 13.0. The van der Waals surface area contributed by atoms with Crippen LogP contribution < -0.4 is 10.1 Å². The minimum atomic E-state index is 0.291. The summed E-state index contributed by atoms with van der Waals surface area (Å²) in [4.78, 5) is 0. The molecule has 0 amide bonds. The number of hydrogen-bond acceptors (Lipinski definition) is 3. The predicted octanol–water partition coefficient (Wildman–Crippen LogP) is 2.01. The van der Waals surface area contributed by atoms with E-state index < -0.39 is 0 Å². The maximum atomic E-state index is 9.44. The van der Waals surface area contributed by atoms with E-state index in [0.717, 1.165) is 25.3 Å². The number of hydrogen-bond donors (Lipinski definition) is 2. The van der Waals surface area contributed by atoms with Crippen molar-refractivity contribution >= 4 is 0 Å². The Morgan fingerprint density at radius 2 is 2.25 bits per heavy atom. The van der Waals surface area contributed by atoms with Gasteiger partial charge < -0.3 is 15.2 Å². The Bertz CT molecular complexity index is 386. The second kappa shape index (κ2) is 3.98. The van der Waals surface area contributed by atoms with Gasteiger partial charge in [-0.15, -0.1) is 0 Å². The Hall–Kier alpha value is -1.22. The molecule has 0 spiro atoms. The summed E-state index contributed by atoms with van der Waals surface area (Å²) in [6, 6.07) is 6.09. The van der Waals surface area contributed by atoms with Crippen LogP contribution in [0.3, 0.4) is 0 Å². The van der Waals surface area contributed by atoms with Gasteiger partial charge in [0.15, 0.2) is 0 Å². The molecule has 2 unspecified atom stereocenters. The Balaban J connectivity index is 1.93. The summed E-state index contributed by atoms with van der Waals surface area (Å²) >= 11 is 0. The molecule has 2 aliphatic heterocycles. The summed E-state index contributed by atoms with van der Waals surface area (Å²) in [5.41, 5.74) is 1.25. The minimum Gasteiger partial charge on any atom is -0.508 e. The molecule has 0 aromatic heterocycles. The number of nitrogens with one attached hydrogen (secondary N) is 1. The highest BCUT2D eigenvalue weighted by Crippen LogP contribution is 2.39. The van der Waals surface area contributed by atoms with Crippen LogP contribution in [0.2, 0.25) is 0 Å². The van der Waals surface area contributed by atoms with Crippen LogP contribution in [0.1, 0.15) is 30.7 Å². The minimum absolute atomic E-state index is 0.291. The van der Waals surface area contributed by atoms with Gasteiger partial charge in [0, 0.05) is 18.0 Å². The fourth-order valence-corrected chi connectivity index (χ4v) is 2.88. The van der Waals surface area contributed by atoms with Crippen molar-refractivity contribution in [3.8, 4) is 11.5 Å². The zero-order valence-corrected chi connectivity index (χ0v) is 9.28. The second-order valence-electron chi connectivity index (χ2n) is 4.67. The van der Waals surface area contributed by atoms with Crippen molar-refractivity contribution in [1.82, 2.24) is 5.32 Å². The molecule has 3 heteroatoms. The maximum Gasteiger partial charge on any atom is 0.126 e. The van der Waals surface area contributed by atoms with Crippen LogP contribution in [0, 0.1) is 0 Å². The third-order valence-electron chi connectivity index (χ3n) is 3.67. The van der Waals surface area contributed by atoms with Gasteiger partial charge in [-0.1, -0.05) is 6.07 Å². The van der Waals surface area contributed by atoms with Gasteiger partial charge in [-0.25, -0.2) is 0 Å². The Morgan fingerprint density at radius 1 is 1.31 bits per heavy atom. The summed E-state index contributed by atoms with van der Waals surface area (Å²) in [6.45, 7) is 1.90. The van der Waals surface area contributed by atoms with Crippen molar-refractivity contribution in [2.24, 2.45) is 0 Å². The molecule has 0 saturated carbocycles. The summed E-state index contributed by atoms with van der Waals surface area (Å²) in [7, 11) is 0. The van der Waals surface area contributed by atoms with Crippen LogP contribution in [0.25, 0.3) is 0 Å². The van der Waals surface area contributed by atoms with Crippen molar-refractivity contribution in [2.45, 2.75) is 31.2 Å². The molecule has 1 aromatic rings. The molecule has 1 saturated heterocycles. The number of ether oxygens (including phenoxy) is 1. The lowest BCUT2D eigenvalue weighted by molar-refractivity contribution is 0.249. The van der Waals surface area contributed by atoms with Crippen molar-refractivity contribution < 1.29 is 9.84 Å². The molecule has 0 aliphatic carbocycles. The van der Waals surface area contributed by atoms with E-state index in [-0.39, 0.29) is 0 Å². The molecule has 2 N–H and O–H groups in total. The lowest BCUT2D eigenvalue weighted by atomic mass is 9.86. The SMILES string of the molecule is Oc1ccc2c(c1)OCCC2C1CCCN1. The average molecular weight is 219 g/mol. The lowest BCUT2D eigenvalue weighted by Gasteiger charge is -2.30. The number of phenols is 1. The smallest absolute Gasteiger partial charge is 0.126 e. The van der Waals surface area contributed by atoms with Gasteiger partial charge in [0.25, 0.3) is 0 Å². The molecule has 1 aromatic carbocycles. The van der Waals surface area contributed by atoms with Gasteiger partial charge in [0.1, 0.15) is 11.5 Å². The molecule has 1 fully saturated rings. The number of fused-ring (bicyclic) bond motifs is 1. The van der Waals surface area contributed by atoms with E-state index >= 15 is 0 Å². The predicted molar refractivity (Wildman–Crippen MR) is 62.0 cm³/mol. The van der Waals surface area contributed by atoms with E-state index in [1.807, 2.05) is 6.07 Å². The van der Waals surface area contributed by atoms with E-state index in [9.17, 15) is 5.11 Å². The van der Waals surface area contributed by atoms with Gasteiger partial charge in [-0.3, -0.25) is 0 Å². The largest absolute Gasteiger partial charge is 0.508 e. The molecule has 2 heterocycles. The Kier molecular flexibility index (Phi) is 2.48. The first-order valence-corrected chi connectivity index (χ1v) is 6.04. The van der Waals surface area contributed by atoms with Crippen LogP contribution in [-0.2, 0) is 0 Å². The standard InChI is InChI=1S/C13H17NO2/c15-9-3-4-11-10(12-2-1-6-14-12)5-7-16-13(11)8-9/h3-4,8,10,12,14-15H,1-2,5-7H2. The fourth-order valence-electron chi connectivity index (χ4n) is 2.88. The highest BCUT2D eigenvalue weighted by Gasteiger charge is 2.30. The van der Waals surface area contributed by atoms with Gasteiger partial charge in [-0.05, 0) is 37.4 Å². The maximum absolute atomic E-state index is 9.44. The zero-order chi connectivity index (χ0) is 11.0. The number of phenolic OH excluding ortho intramolecular Hbond substituents is 1. The van der Waals surface area contributed by atoms with E-state index in [1.165, 1.54) is 18.4 Å². The van der Waals surface area contributed by atoms with Crippen molar-refractivity contribution in [3.05, 3.63) is 23.8 Å². The molecule has 16 heavy (non-hydrogen) atoms. The number of rotatable bonds is 1. The summed E-state index contributed by atoms with van der Waals surface area (Å²) in [5.74, 6) is 1.70. The quantitative estimate of drug-likeness (QED) is 0.759. The normalized spacial score (nSPS) is 28.5. The van der Waals surface area contributed by atoms with E-state index in [0.29, 0.717) is 17.7 Å². The molecule has 2 aliphatic rings. The highest BCUT2D eigenvalue weighted by molar-refractivity contribution is 5.44. The van der Waals surface area contributed by atoms with Gasteiger partial charge >= 0.3 is 0 Å². The third-order valence-corrected chi connectivity index (χ3v) is 3.67. The molecule has 2 atom stereocenters. The van der Waals surface area contributed by atoms with E-state index in [2.05, 4.69) is 5.32 Å². The average Bonchev–Trinajstić information content (AvgIpc) is 2.81. The second-order valence-corrected chi connectivity index (χ2v) is 4.67. The van der Waals surface area contributed by atoms with Crippen LogP contribution in [0.4, 0.5) is 0 Å². The molecule has 3 rings (SSSR count). The third kappa shape index (κ3) is 1.65. The van der Waals surface area contributed by atoms with Crippen LogP contribution in [0.5, 0.6) is 11.5 Å². The molecule has 0 bridgehead atoms. The first kappa shape index (κ1) is 9.97. The monoisotopic (exact) mass is 219 g/mol. The Labute approximate surface area is 95.4 Å². The molecule has 3 nitrogen and oxygen atoms in total. The van der Waals surface area contributed by atoms with E-state index in [1.54, 1.807) is 12.1 Å². The van der Waals surface area contributed by atoms with E-state index in [4.69, 9.17) is 4.74 Å². The zero-order valence-electron chi connectivity index (χ0n) is 9.28. The first-order chi connectivity index (χ1) is 7.84. The summed E-state index contributed by atoms with van der Waals surface area (Å²) < 4.78 is 5.61. The molecule has 86 valence electrons. The first-order valence-electron chi connectivity index (χ1n) is 6.04. The number of aromatic hydroxyl groups is 1. The number of benzene rings is 1. The van der Waals surface area contributed by atoms with Gasteiger partial charge in [0.2, 0.25) is 0 Å². The van der Waals surface area contributed by atoms with Crippen molar-refractivity contribution in [2.75, 3.05) is 13.2 Å². The summed E-state index contributed by atoms with van der Waals surface area (Å²) in [6.07, 6.45) is 3.61. The van der Waals surface area contributed by atoms with Gasteiger partial charge in [0.05, 0.1) is 6.61 Å². The highest BCUT2D eigenvalue weighted by atomic mass is 16.5. The molecular weight excluding hydrogens is 202 g/mol. The Morgan fingerprint density at radius 3 is 3.06 bits per heavy atom. The molecule has 0 radical (unpaired) electrons. The van der Waals surface area contributed by atoms with Gasteiger partial charge in [-0.2, -0.15) is 0 Å². The van der Waals surface area contributed by atoms with Crippen molar-refractivity contribution in [3.63, 3.8) is 0 Å². The van der Waals surface area contributed by atoms with Crippen LogP contribution >= 0.6 is 0 Å².